The molecular formula is C25H27F2N9O5. The minimum atomic E-state index is -2.93. The fourth-order valence-corrected chi connectivity index (χ4v) is 4.37. The lowest BCUT2D eigenvalue weighted by Crippen LogP contribution is -2.50. The molecule has 0 radical (unpaired) electrons. The van der Waals surface area contributed by atoms with E-state index in [1.807, 2.05) is 9.80 Å². The molecule has 0 saturated carbocycles. The number of carbonyl (C=O) groups is 2. The van der Waals surface area contributed by atoms with Crippen LogP contribution in [-0.4, -0.2) is 99.5 Å². The predicted molar refractivity (Wildman–Crippen MR) is 141 cm³/mol. The van der Waals surface area contributed by atoms with E-state index in [4.69, 9.17) is 20.3 Å². The Kier molecular flexibility index (Phi) is 8.28. The fourth-order valence-electron chi connectivity index (χ4n) is 4.37. The number of halogens is 2. The summed E-state index contributed by atoms with van der Waals surface area (Å²) >= 11 is 0. The van der Waals surface area contributed by atoms with Crippen LogP contribution in [0.5, 0.6) is 5.75 Å². The molecule has 2 aliphatic rings. The Morgan fingerprint density at radius 2 is 1.59 bits per heavy atom. The normalized spacial score (nSPS) is 15.7. The number of hydrogen-bond acceptors (Lipinski definition) is 12. The molecule has 1 amide bonds. The van der Waals surface area contributed by atoms with Gasteiger partial charge in [0.25, 0.3) is 6.43 Å². The summed E-state index contributed by atoms with van der Waals surface area (Å²) in [6.07, 6.45) is -2.43. The number of aliphatic carboxylic acids is 1. The Balaban J connectivity index is 1.33. The number of piperazine rings is 1. The number of amides is 1. The molecule has 2 saturated heterocycles. The van der Waals surface area contributed by atoms with E-state index < -0.39 is 24.2 Å². The van der Waals surface area contributed by atoms with Gasteiger partial charge in [0.05, 0.1) is 25.2 Å². The topological polar surface area (TPSA) is 173 Å². The van der Waals surface area contributed by atoms with Crippen LogP contribution in [0.1, 0.15) is 17.7 Å². The van der Waals surface area contributed by atoms with Gasteiger partial charge in [-0.3, -0.25) is 4.79 Å². The van der Waals surface area contributed by atoms with Gasteiger partial charge in [-0.15, -0.1) is 0 Å². The molecule has 0 atom stereocenters. The molecule has 216 valence electrons. The van der Waals surface area contributed by atoms with Crippen molar-refractivity contribution in [3.63, 3.8) is 0 Å². The first-order valence-corrected chi connectivity index (χ1v) is 12.8. The molecule has 0 bridgehead atoms. The lowest BCUT2D eigenvalue weighted by atomic mass is 10.1. The van der Waals surface area contributed by atoms with E-state index in [-0.39, 0.29) is 42.8 Å². The van der Waals surface area contributed by atoms with Crippen molar-refractivity contribution in [2.45, 2.75) is 12.8 Å². The number of rotatable bonds is 7. The molecular weight excluding hydrogens is 544 g/mol. The first kappa shape index (κ1) is 27.8. The second-order valence-electron chi connectivity index (χ2n) is 9.24. The Hall–Kier alpha value is -4.73. The zero-order valence-electron chi connectivity index (χ0n) is 21.8. The van der Waals surface area contributed by atoms with Crippen molar-refractivity contribution in [1.29, 1.82) is 0 Å². The molecule has 0 spiro atoms. The Morgan fingerprint density at radius 3 is 2.20 bits per heavy atom. The van der Waals surface area contributed by atoms with Crippen LogP contribution in [0.2, 0.25) is 0 Å². The van der Waals surface area contributed by atoms with Crippen LogP contribution in [0, 0.1) is 0 Å². The summed E-state index contributed by atoms with van der Waals surface area (Å²) < 4.78 is 38.5. The molecule has 4 heterocycles. The van der Waals surface area contributed by atoms with Gasteiger partial charge in [0, 0.05) is 45.5 Å². The highest BCUT2D eigenvalue weighted by atomic mass is 19.3. The zero-order valence-corrected chi connectivity index (χ0v) is 21.8. The highest BCUT2D eigenvalue weighted by molar-refractivity contribution is 5.72. The minimum absolute atomic E-state index is 0.0139. The third-order valence-electron chi connectivity index (χ3n) is 6.49. The molecule has 2 aliphatic heterocycles. The van der Waals surface area contributed by atoms with E-state index in [1.165, 1.54) is 11.1 Å². The molecule has 41 heavy (non-hydrogen) atoms. The van der Waals surface area contributed by atoms with E-state index in [2.05, 4.69) is 24.9 Å². The maximum absolute atomic E-state index is 13.8. The summed E-state index contributed by atoms with van der Waals surface area (Å²) in [5.41, 5.74) is 5.50. The van der Waals surface area contributed by atoms with Gasteiger partial charge in [-0.05, 0) is 17.7 Å². The number of carbonyl (C=O) groups excluding carboxylic acids is 1. The number of carboxylic acids is 1. The number of ether oxygens (including phenoxy) is 2. The summed E-state index contributed by atoms with van der Waals surface area (Å²) in [6.45, 7) is 3.23. The third-order valence-corrected chi connectivity index (χ3v) is 6.49. The summed E-state index contributed by atoms with van der Waals surface area (Å²) in [7, 11) is 0. The Labute approximate surface area is 232 Å². The highest BCUT2D eigenvalue weighted by Gasteiger charge is 2.28. The second-order valence-corrected chi connectivity index (χ2v) is 9.24. The van der Waals surface area contributed by atoms with Crippen LogP contribution in [0.3, 0.4) is 0 Å². The monoisotopic (exact) mass is 571 g/mol. The number of hydrogen-bond donors (Lipinski definition) is 2. The molecule has 0 unspecified atom stereocenters. The van der Waals surface area contributed by atoms with Crippen molar-refractivity contribution in [3.05, 3.63) is 41.7 Å². The van der Waals surface area contributed by atoms with Gasteiger partial charge < -0.3 is 35.0 Å². The molecule has 0 aliphatic carbocycles. The van der Waals surface area contributed by atoms with Gasteiger partial charge in [0.1, 0.15) is 11.4 Å². The SMILES string of the molecule is Nc1ncc(-c2nc(N3CCOCC3)nc(N3CCN(C(=O)Oc4ccc(CC(=O)O)cc4)CC3)n2)c(C(F)F)n1. The molecule has 16 heteroatoms. The quantitative estimate of drug-likeness (QED) is 0.419. The molecule has 3 N–H and O–H groups in total. The van der Waals surface area contributed by atoms with Crippen LogP contribution in [0.15, 0.2) is 30.5 Å². The molecule has 14 nitrogen and oxygen atoms in total. The highest BCUT2D eigenvalue weighted by Crippen LogP contribution is 2.30. The number of carboxylic acid groups (broad SMARTS) is 1. The van der Waals surface area contributed by atoms with Crippen LogP contribution < -0.4 is 20.3 Å². The first-order valence-electron chi connectivity index (χ1n) is 12.8. The predicted octanol–water partition coefficient (Wildman–Crippen LogP) is 1.63. The van der Waals surface area contributed by atoms with Gasteiger partial charge in [0.2, 0.25) is 17.8 Å². The van der Waals surface area contributed by atoms with Crippen molar-refractivity contribution in [2.24, 2.45) is 0 Å². The van der Waals surface area contributed by atoms with Gasteiger partial charge in [0.15, 0.2) is 5.82 Å². The van der Waals surface area contributed by atoms with Crippen molar-refractivity contribution < 1.29 is 33.0 Å². The van der Waals surface area contributed by atoms with Crippen molar-refractivity contribution >= 4 is 29.9 Å². The molecule has 3 aromatic rings. The molecule has 5 rings (SSSR count). The Bertz CT molecular complexity index is 1400. The van der Waals surface area contributed by atoms with Crippen LogP contribution in [0.4, 0.5) is 31.4 Å². The van der Waals surface area contributed by atoms with E-state index >= 15 is 0 Å². The second kappa shape index (κ2) is 12.2. The average molecular weight is 572 g/mol. The number of aromatic nitrogens is 5. The van der Waals surface area contributed by atoms with Gasteiger partial charge in [-0.2, -0.15) is 15.0 Å². The summed E-state index contributed by atoms with van der Waals surface area (Å²) in [5.74, 6) is -0.393. The lowest BCUT2D eigenvalue weighted by Gasteiger charge is -2.34. The number of nitrogen functional groups attached to an aromatic ring is 1. The van der Waals surface area contributed by atoms with Gasteiger partial charge in [-0.25, -0.2) is 23.5 Å². The van der Waals surface area contributed by atoms with Gasteiger partial charge >= 0.3 is 12.1 Å². The maximum atomic E-state index is 13.8. The Morgan fingerprint density at radius 1 is 0.951 bits per heavy atom. The smallest absolute Gasteiger partial charge is 0.415 e. The van der Waals surface area contributed by atoms with Crippen LogP contribution in [-0.2, 0) is 16.0 Å². The number of morpholine rings is 1. The lowest BCUT2D eigenvalue weighted by molar-refractivity contribution is -0.136. The summed E-state index contributed by atoms with van der Waals surface area (Å²) in [5, 5.41) is 8.90. The van der Waals surface area contributed by atoms with Crippen LogP contribution in [0.25, 0.3) is 11.4 Å². The standard InChI is InChI=1S/C25H27F2N9O5/c26-20(27)19-17(14-29-22(28)30-19)21-31-23(33-24(32-21)35-9-11-40-12-10-35)34-5-7-36(8-6-34)25(39)41-16-3-1-15(2-4-16)13-18(37)38/h1-4,14,20H,5-13H2,(H,37,38)(H2,28,29,30). The largest absolute Gasteiger partial charge is 0.481 e. The van der Waals surface area contributed by atoms with E-state index in [9.17, 15) is 18.4 Å². The molecule has 2 fully saturated rings. The number of nitrogens with two attached hydrogens (primary N) is 1. The van der Waals surface area contributed by atoms with Crippen molar-refractivity contribution in [2.75, 3.05) is 68.0 Å². The zero-order chi connectivity index (χ0) is 28.9. The van der Waals surface area contributed by atoms with E-state index in [1.54, 1.807) is 24.3 Å². The maximum Gasteiger partial charge on any atom is 0.415 e. The van der Waals surface area contributed by atoms with E-state index in [0.717, 1.165) is 0 Å². The third kappa shape index (κ3) is 6.71. The number of benzene rings is 1. The first-order chi connectivity index (χ1) is 19.8. The van der Waals surface area contributed by atoms with Crippen LogP contribution >= 0.6 is 0 Å². The van der Waals surface area contributed by atoms with E-state index in [0.29, 0.717) is 56.7 Å². The van der Waals surface area contributed by atoms with Crippen molar-refractivity contribution in [1.82, 2.24) is 29.8 Å². The number of nitrogens with zero attached hydrogens (tertiary/aromatic N) is 8. The average Bonchev–Trinajstić information content (AvgIpc) is 2.98. The number of alkyl halides is 2. The molecule has 2 aromatic heterocycles. The summed E-state index contributed by atoms with van der Waals surface area (Å²) in [6, 6.07) is 6.26. The molecule has 1 aromatic carbocycles. The number of anilines is 3. The van der Waals surface area contributed by atoms with Crippen molar-refractivity contribution in [3.8, 4) is 17.1 Å². The summed E-state index contributed by atoms with van der Waals surface area (Å²) in [4.78, 5) is 49.9. The fraction of sp³-hybridized carbons (Fsp3) is 0.400. The minimum Gasteiger partial charge on any atom is -0.481 e. The van der Waals surface area contributed by atoms with Gasteiger partial charge in [-0.1, -0.05) is 12.1 Å².